The molecule has 0 heterocycles. The molecule has 3 unspecified atom stereocenters. The van der Waals surface area contributed by atoms with Crippen molar-refractivity contribution in [2.45, 2.75) is 133 Å². The molecule has 12 rings (SSSR count). The molecule has 4 N–H and O–H groups in total. The van der Waals surface area contributed by atoms with Gasteiger partial charge in [-0.15, -0.1) is 17.8 Å². The summed E-state index contributed by atoms with van der Waals surface area (Å²) in [5.41, 5.74) is 10.8. The minimum Gasteiger partial charge on any atom is -0.870 e. The first-order chi connectivity index (χ1) is 51.6. The molecular formula is C86H76BBrF9NaO12. The number of hydrogen-bond acceptors (Lipinski definition) is 11. The molecule has 0 aliphatic heterocycles. The van der Waals surface area contributed by atoms with Gasteiger partial charge in [-0.25, -0.2) is 0 Å². The van der Waals surface area contributed by atoms with E-state index in [1.165, 1.54) is 49.6 Å². The number of carbonyl (C=O) groups excluding carboxylic acids is 2. The molecule has 6 atom stereocenters. The van der Waals surface area contributed by atoms with Gasteiger partial charge in [0.15, 0.2) is 0 Å². The van der Waals surface area contributed by atoms with E-state index in [2.05, 4.69) is 69.7 Å². The fraction of sp³-hybridized carbons (Fsp3) is 0.267. The van der Waals surface area contributed by atoms with E-state index >= 15 is 0 Å². The largest absolute Gasteiger partial charge is 1.00 e. The second kappa shape index (κ2) is 40.3. The molecule has 0 spiro atoms. The van der Waals surface area contributed by atoms with Crippen molar-refractivity contribution in [3.63, 3.8) is 0 Å². The Morgan fingerprint density at radius 1 is 0.445 bits per heavy atom. The maximum Gasteiger partial charge on any atom is 1.00 e. The van der Waals surface area contributed by atoms with Gasteiger partial charge in [0.05, 0.1) is 67.9 Å². The maximum atomic E-state index is 12.9. The summed E-state index contributed by atoms with van der Waals surface area (Å²) in [6.45, 7) is 5.19. The predicted octanol–water partition coefficient (Wildman–Crippen LogP) is 16.5. The van der Waals surface area contributed by atoms with Crippen LogP contribution >= 0.6 is 15.9 Å². The number of carboxylic acids is 1. The van der Waals surface area contributed by atoms with E-state index in [0.717, 1.165) is 158 Å². The van der Waals surface area contributed by atoms with E-state index in [4.69, 9.17) is 38.8 Å². The molecule has 0 radical (unpaired) electrons. The molecule has 0 fully saturated rings. The van der Waals surface area contributed by atoms with Gasteiger partial charge in [-0.1, -0.05) is 167 Å². The summed E-state index contributed by atoms with van der Waals surface area (Å²) in [5.74, 6) is 17.5. The Kier molecular flexibility index (Phi) is 32.0. The minimum atomic E-state index is -4.39. The number of carbonyl (C=O) groups is 3. The second-order valence-electron chi connectivity index (χ2n) is 25.3. The normalized spacial score (nSPS) is 15.0. The Hall–Kier alpha value is -9.74. The van der Waals surface area contributed by atoms with E-state index in [9.17, 15) is 53.9 Å². The van der Waals surface area contributed by atoms with Crippen LogP contribution in [0.5, 0.6) is 17.2 Å². The molecule has 24 heteroatoms. The topological polar surface area (TPSA) is 188 Å². The van der Waals surface area contributed by atoms with Crippen LogP contribution in [0.2, 0.25) is 0 Å². The molecule has 0 saturated heterocycles. The van der Waals surface area contributed by atoms with Crippen molar-refractivity contribution < 1.29 is 128 Å². The SMILES string of the molecule is CC#C[C@@H](CC(=O)O)c1ccc(OC2CCc3c(-c4ccc(C(F)(F)F)cc4)cccc32)cc1.CC#C[C@@H](CC(=O)OC)c1ccc(OC2CCc3c(-c4ccc(C(F)(F)F)cc4)cccc32)cc1.CC#C[C@@H](CC(=O)OC)c1ccc(OC2CCc3c(Br)cccc32)cc1.OB(O)c1ccc(C(F)(F)F)cc1.[Na+].[OH-]. The number of methoxy groups -OCH3 is 2. The molecule has 566 valence electrons. The zero-order valence-electron chi connectivity index (χ0n) is 60.8. The molecule has 9 aromatic rings. The summed E-state index contributed by atoms with van der Waals surface area (Å²) in [6, 6.07) is 54.8. The Morgan fingerprint density at radius 3 is 1.05 bits per heavy atom. The standard InChI is InChI=1S/C29H25F3O3.C28H23F3O3.C22H21BrO3.C7H6BF3O2.Na.H2O/c1-3-5-21(18-28(33)34-2)19-10-14-23(15-11-19)35-27-17-16-25-24(6-4-7-26(25)27)20-8-12-22(13-9-20)29(30,31)32;1-2-4-20(17-27(32)33)18-9-13-22(14-10-18)34-26-16-15-24-23(5-3-6-25(24)26)19-7-11-21(12-8-19)28(29,30)31;1-3-5-16(14-22(24)25-2)15-8-10-17(11-9-15)26-21-13-12-18-19(21)6-4-7-20(18)23;9-7(10,11)5-1-3-6(4-2-5)8(12)13;;/h4,6-15,21,27H,16-18H2,1-2H3;3,5-14,20,26H,15-17H2,1H3,(H,32,33);4,6-11,16,21H,12-14H2,1-2H3;1-4,12-13H;;1H2/q;;;;+1;/p-1/t21-,27?;20-,26?;16-,21?;;;/m000.../s1. The number of halogens is 10. The van der Waals surface area contributed by atoms with E-state index in [1.54, 1.807) is 20.8 Å². The fourth-order valence-corrected chi connectivity index (χ4v) is 13.6. The Labute approximate surface area is 663 Å². The first kappa shape index (κ1) is 87.5. The van der Waals surface area contributed by atoms with Crippen molar-refractivity contribution in [2.75, 3.05) is 14.2 Å². The number of rotatable bonds is 18. The minimum absolute atomic E-state index is 0. The van der Waals surface area contributed by atoms with Gasteiger partial charge in [0, 0.05) is 4.47 Å². The van der Waals surface area contributed by atoms with E-state index in [0.29, 0.717) is 11.5 Å². The first-order valence-electron chi connectivity index (χ1n) is 34.4. The summed E-state index contributed by atoms with van der Waals surface area (Å²) in [7, 11) is 1.02. The predicted molar refractivity (Wildman–Crippen MR) is 400 cm³/mol. The summed E-state index contributed by atoms with van der Waals surface area (Å²) >= 11 is 3.62. The number of esters is 2. The molecule has 12 nitrogen and oxygen atoms in total. The van der Waals surface area contributed by atoms with Crippen LogP contribution in [-0.2, 0) is 61.6 Å². The number of aliphatic carboxylic acids is 1. The van der Waals surface area contributed by atoms with Crippen LogP contribution in [0.4, 0.5) is 39.5 Å². The molecule has 3 aliphatic rings. The van der Waals surface area contributed by atoms with Crippen molar-refractivity contribution in [2.24, 2.45) is 0 Å². The fourth-order valence-electron chi connectivity index (χ4n) is 13.0. The van der Waals surface area contributed by atoms with Crippen LogP contribution in [0.25, 0.3) is 22.3 Å². The van der Waals surface area contributed by atoms with Gasteiger partial charge in [-0.2, -0.15) is 39.5 Å². The van der Waals surface area contributed by atoms with Crippen molar-refractivity contribution in [3.05, 3.63) is 271 Å². The van der Waals surface area contributed by atoms with Crippen LogP contribution in [0.15, 0.2) is 205 Å². The Morgan fingerprint density at radius 2 is 0.745 bits per heavy atom. The summed E-state index contributed by atoms with van der Waals surface area (Å²) in [4.78, 5) is 34.4. The van der Waals surface area contributed by atoms with Crippen molar-refractivity contribution >= 4 is 46.4 Å². The summed E-state index contributed by atoms with van der Waals surface area (Å²) < 4.78 is 143. The number of carboxylic acid groups (broad SMARTS) is 1. The van der Waals surface area contributed by atoms with Crippen LogP contribution in [0.3, 0.4) is 0 Å². The third-order valence-electron chi connectivity index (χ3n) is 18.4. The summed E-state index contributed by atoms with van der Waals surface area (Å²) in [5, 5.41) is 26.3. The average Bonchev–Trinajstić information content (AvgIpc) is 1.62. The molecule has 110 heavy (non-hydrogen) atoms. The molecule has 0 bridgehead atoms. The second-order valence-corrected chi connectivity index (χ2v) is 26.2. The number of ether oxygens (including phenoxy) is 5. The third kappa shape index (κ3) is 23.6. The molecule has 0 aromatic heterocycles. The molecule has 0 saturated carbocycles. The van der Waals surface area contributed by atoms with Gasteiger partial charge in [0.1, 0.15) is 35.6 Å². The smallest absolute Gasteiger partial charge is 0.870 e. The van der Waals surface area contributed by atoms with Gasteiger partial charge in [-0.05, 0) is 204 Å². The summed E-state index contributed by atoms with van der Waals surface area (Å²) in [6.07, 6.45) is -7.88. The third-order valence-corrected chi connectivity index (χ3v) is 19.1. The number of fused-ring (bicyclic) bond motifs is 3. The van der Waals surface area contributed by atoms with Crippen LogP contribution in [0, 0.1) is 35.5 Å². The van der Waals surface area contributed by atoms with Crippen LogP contribution in [-0.4, -0.2) is 59.9 Å². The number of benzene rings is 9. The Balaban J connectivity index is 0.000000212. The van der Waals surface area contributed by atoms with E-state index in [1.807, 2.05) is 109 Å². The zero-order valence-corrected chi connectivity index (χ0v) is 64.4. The van der Waals surface area contributed by atoms with Crippen LogP contribution in [0.1, 0.15) is 162 Å². The van der Waals surface area contributed by atoms with Crippen molar-refractivity contribution in [3.8, 4) is 75.0 Å². The van der Waals surface area contributed by atoms with Crippen molar-refractivity contribution in [1.82, 2.24) is 0 Å². The monoisotopic (exact) mass is 1580 g/mol. The maximum absolute atomic E-state index is 12.9. The van der Waals surface area contributed by atoms with Crippen molar-refractivity contribution in [1.29, 1.82) is 0 Å². The van der Waals surface area contributed by atoms with Gasteiger partial charge in [0.2, 0.25) is 0 Å². The van der Waals surface area contributed by atoms with Crippen LogP contribution < -0.4 is 49.2 Å². The first-order valence-corrected chi connectivity index (χ1v) is 35.2. The average molecular weight is 1590 g/mol. The Bertz CT molecular complexity index is 4770. The van der Waals surface area contributed by atoms with Gasteiger partial charge >= 0.3 is 73.1 Å². The van der Waals surface area contributed by atoms with E-state index in [-0.39, 0.29) is 108 Å². The number of hydrogen-bond donors (Lipinski definition) is 3. The molecule has 9 aromatic carbocycles. The van der Waals surface area contributed by atoms with Gasteiger partial charge in [0.25, 0.3) is 0 Å². The van der Waals surface area contributed by atoms with Gasteiger partial charge in [-0.3, -0.25) is 14.4 Å². The van der Waals surface area contributed by atoms with E-state index < -0.39 is 48.3 Å². The zero-order chi connectivity index (χ0) is 77.9. The molecular weight excluding hydrogens is 1510 g/mol. The number of alkyl halides is 9. The quantitative estimate of drug-likeness (QED) is 0.0320. The van der Waals surface area contributed by atoms with Gasteiger partial charge < -0.3 is 44.3 Å². The molecule has 0 amide bonds. The molecule has 3 aliphatic carbocycles.